The third kappa shape index (κ3) is 7.45. The highest BCUT2D eigenvalue weighted by molar-refractivity contribution is 5.99. The fourth-order valence-electron chi connectivity index (χ4n) is 2.74. The number of nitrogens with zero attached hydrogens (tertiary/aromatic N) is 1. The smallest absolute Gasteiger partial charge is 0.286 e. The lowest BCUT2D eigenvalue weighted by Gasteiger charge is -2.13. The number of aryl methyl sites for hydroxylation is 1. The molecule has 1 amide bonds. The fourth-order valence-corrected chi connectivity index (χ4v) is 2.74. The molecule has 31 heavy (non-hydrogen) atoms. The Bertz CT molecular complexity index is 869. The number of benzene rings is 2. The van der Waals surface area contributed by atoms with Gasteiger partial charge in [-0.25, -0.2) is 0 Å². The highest BCUT2D eigenvalue weighted by Crippen LogP contribution is 2.34. The molecule has 1 N–H and O–H groups in total. The van der Waals surface area contributed by atoms with Gasteiger partial charge < -0.3 is 24.3 Å². The first-order chi connectivity index (χ1) is 15.0. The number of hydrogen-bond donors (Lipinski definition) is 1. The van der Waals surface area contributed by atoms with Gasteiger partial charge in [-0.3, -0.25) is 14.9 Å². The standard InChI is InChI=1S/C22H28N2O7/c1-16-6-8-17(9-7-16)30-11-5-4-10-23-22(25)18-14-20(29-3)21(31-13-12-28-2)15-19(18)24(26)27/h6-9,14-15H,4-5,10-13H2,1-3H3,(H,23,25). The second kappa shape index (κ2) is 12.4. The molecule has 0 radical (unpaired) electrons. The summed E-state index contributed by atoms with van der Waals surface area (Å²) in [5.74, 6) is 0.660. The Morgan fingerprint density at radius 1 is 1.00 bits per heavy atom. The largest absolute Gasteiger partial charge is 0.494 e. The predicted molar refractivity (Wildman–Crippen MR) is 115 cm³/mol. The highest BCUT2D eigenvalue weighted by atomic mass is 16.6. The SMILES string of the molecule is COCCOc1cc([N+](=O)[O-])c(C(=O)NCCCCOc2ccc(C)cc2)cc1OC. The van der Waals surface area contributed by atoms with Crippen molar-refractivity contribution in [1.82, 2.24) is 5.32 Å². The minimum absolute atomic E-state index is 0.0863. The van der Waals surface area contributed by atoms with Crippen LogP contribution in [-0.2, 0) is 4.74 Å². The monoisotopic (exact) mass is 432 g/mol. The Balaban J connectivity index is 1.90. The molecule has 0 fully saturated rings. The van der Waals surface area contributed by atoms with Crippen LogP contribution >= 0.6 is 0 Å². The molecule has 0 aliphatic heterocycles. The number of amides is 1. The number of hydrogen-bond acceptors (Lipinski definition) is 7. The van der Waals surface area contributed by atoms with E-state index in [0.29, 0.717) is 26.2 Å². The summed E-state index contributed by atoms with van der Waals surface area (Å²) in [4.78, 5) is 23.4. The van der Waals surface area contributed by atoms with E-state index in [1.807, 2.05) is 31.2 Å². The topological polar surface area (TPSA) is 109 Å². The summed E-state index contributed by atoms with van der Waals surface area (Å²) in [6.45, 7) is 3.39. The van der Waals surface area contributed by atoms with E-state index >= 15 is 0 Å². The Morgan fingerprint density at radius 2 is 1.74 bits per heavy atom. The van der Waals surface area contributed by atoms with Crippen LogP contribution in [0.1, 0.15) is 28.8 Å². The number of nitrogens with one attached hydrogen (secondary N) is 1. The van der Waals surface area contributed by atoms with E-state index in [1.165, 1.54) is 26.4 Å². The van der Waals surface area contributed by atoms with E-state index in [-0.39, 0.29) is 29.4 Å². The van der Waals surface area contributed by atoms with Gasteiger partial charge in [0.2, 0.25) is 0 Å². The van der Waals surface area contributed by atoms with Gasteiger partial charge in [-0.05, 0) is 31.9 Å². The Kier molecular flexibility index (Phi) is 9.57. The maximum Gasteiger partial charge on any atom is 0.286 e. The number of rotatable bonds is 13. The number of carbonyl (C=O) groups is 1. The van der Waals surface area contributed by atoms with Crippen LogP contribution in [0.25, 0.3) is 0 Å². The van der Waals surface area contributed by atoms with Crippen LogP contribution < -0.4 is 19.5 Å². The van der Waals surface area contributed by atoms with Crippen LogP contribution in [0.5, 0.6) is 17.2 Å². The number of ether oxygens (including phenoxy) is 4. The molecule has 0 unspecified atom stereocenters. The molecule has 0 saturated carbocycles. The molecule has 9 heteroatoms. The van der Waals surface area contributed by atoms with Crippen molar-refractivity contribution < 1.29 is 28.7 Å². The minimum Gasteiger partial charge on any atom is -0.494 e. The first-order valence-corrected chi connectivity index (χ1v) is 9.92. The molecule has 2 rings (SSSR count). The van der Waals surface area contributed by atoms with Crippen molar-refractivity contribution in [3.63, 3.8) is 0 Å². The van der Waals surface area contributed by atoms with Crippen molar-refractivity contribution >= 4 is 11.6 Å². The van der Waals surface area contributed by atoms with Crippen LogP contribution in [0.2, 0.25) is 0 Å². The summed E-state index contributed by atoms with van der Waals surface area (Å²) in [6.07, 6.45) is 1.40. The third-order valence-corrected chi connectivity index (χ3v) is 4.41. The molecule has 2 aromatic rings. The second-order valence-electron chi connectivity index (χ2n) is 6.74. The van der Waals surface area contributed by atoms with Gasteiger partial charge >= 0.3 is 0 Å². The molecular weight excluding hydrogens is 404 g/mol. The van der Waals surface area contributed by atoms with Crippen molar-refractivity contribution in [2.24, 2.45) is 0 Å². The number of nitro groups is 1. The summed E-state index contributed by atoms with van der Waals surface area (Å²) in [6, 6.07) is 10.3. The molecule has 0 aliphatic carbocycles. The number of nitro benzene ring substituents is 1. The normalized spacial score (nSPS) is 10.4. The number of methoxy groups -OCH3 is 2. The molecule has 2 aromatic carbocycles. The quantitative estimate of drug-likeness (QED) is 0.293. The van der Waals surface area contributed by atoms with Crippen LogP contribution in [-0.4, -0.2) is 51.4 Å². The van der Waals surface area contributed by atoms with E-state index < -0.39 is 10.8 Å². The lowest BCUT2D eigenvalue weighted by atomic mass is 10.1. The summed E-state index contributed by atoms with van der Waals surface area (Å²) < 4.78 is 21.2. The van der Waals surface area contributed by atoms with Crippen molar-refractivity contribution in [2.45, 2.75) is 19.8 Å². The molecule has 0 heterocycles. The Morgan fingerprint density at radius 3 is 2.39 bits per heavy atom. The summed E-state index contributed by atoms with van der Waals surface area (Å²) >= 11 is 0. The summed E-state index contributed by atoms with van der Waals surface area (Å²) in [5.41, 5.74) is 0.723. The molecule has 0 aromatic heterocycles. The van der Waals surface area contributed by atoms with Gasteiger partial charge in [-0.15, -0.1) is 0 Å². The van der Waals surface area contributed by atoms with E-state index in [9.17, 15) is 14.9 Å². The number of unbranched alkanes of at least 4 members (excludes halogenated alkanes) is 1. The second-order valence-corrected chi connectivity index (χ2v) is 6.74. The zero-order valence-electron chi connectivity index (χ0n) is 18.0. The van der Waals surface area contributed by atoms with E-state index in [0.717, 1.165) is 17.7 Å². The van der Waals surface area contributed by atoms with Crippen molar-refractivity contribution in [2.75, 3.05) is 40.6 Å². The van der Waals surface area contributed by atoms with Gasteiger partial charge in [-0.2, -0.15) is 0 Å². The molecular formula is C22H28N2O7. The van der Waals surface area contributed by atoms with Crippen LogP contribution in [0.3, 0.4) is 0 Å². The third-order valence-electron chi connectivity index (χ3n) is 4.41. The van der Waals surface area contributed by atoms with E-state index in [4.69, 9.17) is 18.9 Å². The average Bonchev–Trinajstić information content (AvgIpc) is 2.76. The molecule has 0 bridgehead atoms. The number of carbonyl (C=O) groups excluding carboxylic acids is 1. The Hall–Kier alpha value is -3.33. The van der Waals surface area contributed by atoms with Crippen LogP contribution in [0.15, 0.2) is 36.4 Å². The maximum absolute atomic E-state index is 12.5. The lowest BCUT2D eigenvalue weighted by Crippen LogP contribution is -2.25. The first-order valence-electron chi connectivity index (χ1n) is 9.92. The summed E-state index contributed by atoms with van der Waals surface area (Å²) in [7, 11) is 2.92. The van der Waals surface area contributed by atoms with E-state index in [2.05, 4.69) is 5.32 Å². The zero-order valence-corrected chi connectivity index (χ0v) is 18.0. The van der Waals surface area contributed by atoms with Crippen LogP contribution in [0, 0.1) is 17.0 Å². The fraction of sp³-hybridized carbons (Fsp3) is 0.409. The van der Waals surface area contributed by atoms with Gasteiger partial charge in [0.15, 0.2) is 11.5 Å². The molecule has 0 spiro atoms. The molecule has 0 aliphatic rings. The van der Waals surface area contributed by atoms with Gasteiger partial charge in [0.25, 0.3) is 11.6 Å². The molecule has 0 atom stereocenters. The molecule has 9 nitrogen and oxygen atoms in total. The van der Waals surface area contributed by atoms with Crippen molar-refractivity contribution in [3.05, 3.63) is 57.6 Å². The van der Waals surface area contributed by atoms with Crippen molar-refractivity contribution in [3.8, 4) is 17.2 Å². The summed E-state index contributed by atoms with van der Waals surface area (Å²) in [5, 5.41) is 14.2. The van der Waals surface area contributed by atoms with Gasteiger partial charge in [0.05, 0.1) is 31.3 Å². The van der Waals surface area contributed by atoms with Gasteiger partial charge in [-0.1, -0.05) is 17.7 Å². The Labute approximate surface area is 181 Å². The highest BCUT2D eigenvalue weighted by Gasteiger charge is 2.24. The van der Waals surface area contributed by atoms with Crippen LogP contribution in [0.4, 0.5) is 5.69 Å². The van der Waals surface area contributed by atoms with Crippen molar-refractivity contribution in [1.29, 1.82) is 0 Å². The van der Waals surface area contributed by atoms with E-state index in [1.54, 1.807) is 0 Å². The molecule has 168 valence electrons. The zero-order chi connectivity index (χ0) is 22.6. The molecule has 0 saturated heterocycles. The predicted octanol–water partition coefficient (Wildman–Crippen LogP) is 3.53. The maximum atomic E-state index is 12.5. The lowest BCUT2D eigenvalue weighted by molar-refractivity contribution is -0.385. The minimum atomic E-state index is -0.618. The van der Waals surface area contributed by atoms with Gasteiger partial charge in [0, 0.05) is 19.7 Å². The average molecular weight is 432 g/mol. The first kappa shape index (κ1) is 23.9. The van der Waals surface area contributed by atoms with Gasteiger partial charge in [0.1, 0.15) is 17.9 Å².